The van der Waals surface area contributed by atoms with Crippen LogP contribution >= 0.6 is 0 Å². The average molecular weight is 221 g/mol. The minimum atomic E-state index is -0.328. The summed E-state index contributed by atoms with van der Waals surface area (Å²) >= 11 is 0. The normalized spacial score (nSPS) is 20.2. The van der Waals surface area contributed by atoms with Crippen molar-refractivity contribution in [3.63, 3.8) is 0 Å². The predicted molar refractivity (Wildman–Crippen MR) is 58.8 cm³/mol. The maximum Gasteiger partial charge on any atom is 0.239 e. The molecule has 0 bridgehead atoms. The molecule has 0 aromatic carbocycles. The molecule has 5 nitrogen and oxygen atoms in total. The molecular formula is C11H15N3O2. The molecule has 16 heavy (non-hydrogen) atoms. The van der Waals surface area contributed by atoms with Gasteiger partial charge in [-0.1, -0.05) is 6.07 Å². The molecule has 1 fully saturated rings. The van der Waals surface area contributed by atoms with E-state index in [0.717, 1.165) is 18.5 Å². The Bertz CT molecular complexity index is 377. The Morgan fingerprint density at radius 1 is 1.62 bits per heavy atom. The van der Waals surface area contributed by atoms with Crippen molar-refractivity contribution in [3.8, 4) is 5.88 Å². The third-order valence-corrected chi connectivity index (χ3v) is 2.72. The first kappa shape index (κ1) is 10.9. The lowest BCUT2D eigenvalue weighted by Crippen LogP contribution is -2.33. The number of amides is 1. The van der Waals surface area contributed by atoms with Gasteiger partial charge in [0.15, 0.2) is 0 Å². The van der Waals surface area contributed by atoms with Crippen molar-refractivity contribution in [2.24, 2.45) is 5.73 Å². The van der Waals surface area contributed by atoms with E-state index in [4.69, 9.17) is 10.5 Å². The highest BCUT2D eigenvalue weighted by Gasteiger charge is 2.28. The number of methoxy groups -OCH3 is 1. The Morgan fingerprint density at radius 2 is 2.44 bits per heavy atom. The Labute approximate surface area is 94.2 Å². The molecule has 0 spiro atoms. The second kappa shape index (κ2) is 4.49. The quantitative estimate of drug-likeness (QED) is 0.789. The summed E-state index contributed by atoms with van der Waals surface area (Å²) < 4.78 is 4.97. The van der Waals surface area contributed by atoms with Crippen molar-refractivity contribution in [1.29, 1.82) is 0 Å². The summed E-state index contributed by atoms with van der Waals surface area (Å²) in [4.78, 5) is 17.4. The van der Waals surface area contributed by atoms with Gasteiger partial charge < -0.3 is 15.4 Å². The van der Waals surface area contributed by atoms with Gasteiger partial charge in [-0.15, -0.1) is 0 Å². The number of hydrogen-bond acceptors (Lipinski definition) is 4. The van der Waals surface area contributed by atoms with E-state index in [2.05, 4.69) is 4.98 Å². The molecular weight excluding hydrogens is 206 g/mol. The van der Waals surface area contributed by atoms with E-state index < -0.39 is 0 Å². The van der Waals surface area contributed by atoms with Gasteiger partial charge in [0.25, 0.3) is 0 Å². The second-order valence-electron chi connectivity index (χ2n) is 3.86. The molecule has 0 saturated carbocycles. The first-order chi connectivity index (χ1) is 7.70. The second-order valence-corrected chi connectivity index (χ2v) is 3.86. The lowest BCUT2D eigenvalue weighted by atomic mass is 10.2. The molecule has 1 aliphatic rings. The molecule has 2 rings (SSSR count). The van der Waals surface area contributed by atoms with Crippen LogP contribution in [-0.2, 0) is 11.3 Å². The highest BCUT2D eigenvalue weighted by atomic mass is 16.5. The lowest BCUT2D eigenvalue weighted by Gasteiger charge is -2.15. The molecule has 5 heteroatoms. The first-order valence-corrected chi connectivity index (χ1v) is 5.24. The van der Waals surface area contributed by atoms with Crippen molar-refractivity contribution in [1.82, 2.24) is 9.88 Å². The number of carbonyl (C=O) groups excluding carboxylic acids is 1. The van der Waals surface area contributed by atoms with E-state index in [9.17, 15) is 4.79 Å². The minimum absolute atomic E-state index is 0.0239. The number of hydrogen-bond donors (Lipinski definition) is 1. The number of nitrogens with zero attached hydrogens (tertiary/aromatic N) is 2. The first-order valence-electron chi connectivity index (χ1n) is 5.24. The van der Waals surface area contributed by atoms with Gasteiger partial charge in [-0.25, -0.2) is 4.98 Å². The van der Waals surface area contributed by atoms with Crippen molar-refractivity contribution in [2.75, 3.05) is 13.7 Å². The summed E-state index contributed by atoms with van der Waals surface area (Å²) in [5.41, 5.74) is 6.63. The molecule has 1 aromatic heterocycles. The number of pyridine rings is 1. The molecule has 1 saturated heterocycles. The molecule has 1 atom stereocenters. The minimum Gasteiger partial charge on any atom is -0.481 e. The smallest absolute Gasteiger partial charge is 0.239 e. The highest BCUT2D eigenvalue weighted by molar-refractivity contribution is 5.83. The van der Waals surface area contributed by atoms with Crippen LogP contribution < -0.4 is 10.5 Å². The van der Waals surface area contributed by atoms with Crippen LogP contribution in [-0.4, -0.2) is 35.5 Å². The zero-order valence-corrected chi connectivity index (χ0v) is 9.22. The fourth-order valence-corrected chi connectivity index (χ4v) is 1.77. The Balaban J connectivity index is 2.01. The van der Waals surface area contributed by atoms with E-state index in [1.54, 1.807) is 24.3 Å². The summed E-state index contributed by atoms with van der Waals surface area (Å²) in [6.07, 6.45) is 2.46. The number of nitrogens with two attached hydrogens (primary N) is 1. The van der Waals surface area contributed by atoms with Gasteiger partial charge in [-0.05, 0) is 12.0 Å². The highest BCUT2D eigenvalue weighted by Crippen LogP contribution is 2.14. The van der Waals surface area contributed by atoms with Crippen molar-refractivity contribution >= 4 is 5.91 Å². The van der Waals surface area contributed by atoms with Crippen LogP contribution in [0, 0.1) is 0 Å². The number of likely N-dealkylation sites (tertiary alicyclic amines) is 1. The third kappa shape index (κ3) is 2.14. The zero-order valence-electron chi connectivity index (χ0n) is 9.22. The van der Waals surface area contributed by atoms with E-state index >= 15 is 0 Å². The van der Waals surface area contributed by atoms with E-state index in [1.807, 2.05) is 6.07 Å². The largest absolute Gasteiger partial charge is 0.481 e. The van der Waals surface area contributed by atoms with Gasteiger partial charge in [-0.2, -0.15) is 0 Å². The van der Waals surface area contributed by atoms with Gasteiger partial charge in [0.1, 0.15) is 0 Å². The average Bonchev–Trinajstić information content (AvgIpc) is 2.62. The molecule has 2 N–H and O–H groups in total. The number of carbonyl (C=O) groups is 1. The van der Waals surface area contributed by atoms with Crippen LogP contribution in [0.2, 0.25) is 0 Å². The van der Waals surface area contributed by atoms with E-state index in [-0.39, 0.29) is 11.9 Å². The monoisotopic (exact) mass is 221 g/mol. The lowest BCUT2D eigenvalue weighted by molar-refractivity contribution is -0.129. The molecule has 0 aliphatic carbocycles. The summed E-state index contributed by atoms with van der Waals surface area (Å²) in [6.45, 7) is 1.30. The van der Waals surface area contributed by atoms with Crippen LogP contribution in [0.3, 0.4) is 0 Å². The molecule has 2 heterocycles. The Morgan fingerprint density at radius 3 is 2.94 bits per heavy atom. The summed E-state index contributed by atoms with van der Waals surface area (Å²) in [5.74, 6) is 0.601. The third-order valence-electron chi connectivity index (χ3n) is 2.72. The predicted octanol–water partition coefficient (Wildman–Crippen LogP) is 0.150. The van der Waals surface area contributed by atoms with Crippen LogP contribution in [0.25, 0.3) is 0 Å². The van der Waals surface area contributed by atoms with Crippen LogP contribution in [0.5, 0.6) is 5.88 Å². The van der Waals surface area contributed by atoms with Crippen LogP contribution in [0.15, 0.2) is 18.3 Å². The SMILES string of the molecule is COc1ccc(CN2CCC(N)C2=O)cn1. The maximum atomic E-state index is 11.6. The standard InChI is InChI=1S/C11H15N3O2/c1-16-10-3-2-8(6-13-10)7-14-5-4-9(12)11(14)15/h2-3,6,9H,4-5,7,12H2,1H3. The zero-order chi connectivity index (χ0) is 11.5. The molecule has 1 unspecified atom stereocenters. The van der Waals surface area contributed by atoms with Crippen molar-refractivity contribution < 1.29 is 9.53 Å². The fraction of sp³-hybridized carbons (Fsp3) is 0.455. The van der Waals surface area contributed by atoms with Crippen molar-refractivity contribution in [3.05, 3.63) is 23.9 Å². The molecule has 1 amide bonds. The van der Waals surface area contributed by atoms with Crippen LogP contribution in [0.4, 0.5) is 0 Å². The van der Waals surface area contributed by atoms with Crippen LogP contribution in [0.1, 0.15) is 12.0 Å². The van der Waals surface area contributed by atoms with Gasteiger partial charge in [-0.3, -0.25) is 4.79 Å². The van der Waals surface area contributed by atoms with Crippen molar-refractivity contribution in [2.45, 2.75) is 19.0 Å². The van der Waals surface area contributed by atoms with Gasteiger partial charge in [0.2, 0.25) is 11.8 Å². The molecule has 86 valence electrons. The number of aromatic nitrogens is 1. The number of rotatable bonds is 3. The molecule has 1 aliphatic heterocycles. The van der Waals surface area contributed by atoms with Gasteiger partial charge in [0, 0.05) is 25.4 Å². The number of ether oxygens (including phenoxy) is 1. The summed E-state index contributed by atoms with van der Waals surface area (Å²) in [7, 11) is 1.57. The topological polar surface area (TPSA) is 68.5 Å². The summed E-state index contributed by atoms with van der Waals surface area (Å²) in [5, 5.41) is 0. The molecule has 0 radical (unpaired) electrons. The fourth-order valence-electron chi connectivity index (χ4n) is 1.77. The summed E-state index contributed by atoms with van der Waals surface area (Å²) in [6, 6.07) is 3.37. The maximum absolute atomic E-state index is 11.6. The Hall–Kier alpha value is -1.62. The molecule has 1 aromatic rings. The van der Waals surface area contributed by atoms with E-state index in [0.29, 0.717) is 12.4 Å². The Kier molecular flexibility index (Phi) is 3.05. The van der Waals surface area contributed by atoms with E-state index in [1.165, 1.54) is 0 Å². The van der Waals surface area contributed by atoms with Gasteiger partial charge in [0.05, 0.1) is 13.2 Å². The van der Waals surface area contributed by atoms with Gasteiger partial charge >= 0.3 is 0 Å².